The summed E-state index contributed by atoms with van der Waals surface area (Å²) < 4.78 is 10.7. The van der Waals surface area contributed by atoms with Crippen LogP contribution in [0.25, 0.3) is 0 Å². The lowest BCUT2D eigenvalue weighted by molar-refractivity contribution is -0.342. The van der Waals surface area contributed by atoms with Crippen molar-refractivity contribution in [2.24, 2.45) is 5.73 Å². The van der Waals surface area contributed by atoms with Crippen LogP contribution in [0.3, 0.4) is 0 Å². The second-order valence-electron chi connectivity index (χ2n) is 4.46. The number of hydrogen-bond donors (Lipinski definition) is 4. The first-order valence-corrected chi connectivity index (χ1v) is 5.46. The van der Waals surface area contributed by atoms with E-state index < -0.39 is 36.2 Å². The lowest BCUT2D eigenvalue weighted by Gasteiger charge is -2.54. The molecular formula is C11H21NO5. The molecule has 1 aliphatic rings. The molecule has 6 heteroatoms. The minimum absolute atomic E-state index is 0.202. The van der Waals surface area contributed by atoms with Crippen molar-refractivity contribution >= 4 is 0 Å². The van der Waals surface area contributed by atoms with Crippen LogP contribution in [-0.4, -0.2) is 58.7 Å². The van der Waals surface area contributed by atoms with Crippen molar-refractivity contribution < 1.29 is 24.8 Å². The molecule has 1 aliphatic heterocycles. The molecule has 1 unspecified atom stereocenters. The topological polar surface area (TPSA) is 105 Å². The Bertz CT molecular complexity index is 287. The number of nitrogens with two attached hydrogens (primary N) is 1. The number of aliphatic hydroxyl groups excluding tert-OH is 3. The highest BCUT2D eigenvalue weighted by molar-refractivity contribution is 5.12. The number of ether oxygens (including phenoxy) is 2. The zero-order valence-corrected chi connectivity index (χ0v) is 10.2. The van der Waals surface area contributed by atoms with Crippen molar-refractivity contribution in [3.05, 3.63) is 12.7 Å². The van der Waals surface area contributed by atoms with E-state index in [1.807, 2.05) is 0 Å². The van der Waals surface area contributed by atoms with Gasteiger partial charge in [-0.3, -0.25) is 0 Å². The number of aliphatic hydroxyl groups is 3. The van der Waals surface area contributed by atoms with Gasteiger partial charge in [0, 0.05) is 7.11 Å². The smallest absolute Gasteiger partial charge is 0.186 e. The summed E-state index contributed by atoms with van der Waals surface area (Å²) in [6, 6.07) is 0. The van der Waals surface area contributed by atoms with Crippen molar-refractivity contribution in [2.75, 3.05) is 13.7 Å². The van der Waals surface area contributed by atoms with Crippen LogP contribution >= 0.6 is 0 Å². The van der Waals surface area contributed by atoms with Gasteiger partial charge in [0.2, 0.25) is 0 Å². The Balaban J connectivity index is 3.12. The second-order valence-corrected chi connectivity index (χ2v) is 4.46. The Morgan fingerprint density at radius 2 is 2.12 bits per heavy atom. The fourth-order valence-electron chi connectivity index (χ4n) is 2.17. The Labute approximate surface area is 101 Å². The van der Waals surface area contributed by atoms with Crippen LogP contribution in [0, 0.1) is 0 Å². The predicted molar refractivity (Wildman–Crippen MR) is 61.1 cm³/mol. The van der Waals surface area contributed by atoms with E-state index in [0.29, 0.717) is 0 Å². The zero-order valence-electron chi connectivity index (χ0n) is 10.2. The fourth-order valence-corrected chi connectivity index (χ4v) is 2.17. The molecular weight excluding hydrogens is 226 g/mol. The van der Waals surface area contributed by atoms with Gasteiger partial charge in [-0.25, -0.2) is 0 Å². The summed E-state index contributed by atoms with van der Waals surface area (Å²) in [5.74, 6) is -1.31. The van der Waals surface area contributed by atoms with Crippen LogP contribution in [-0.2, 0) is 9.47 Å². The minimum atomic E-state index is -1.32. The fraction of sp³-hybridized carbons (Fsp3) is 0.818. The first-order chi connectivity index (χ1) is 7.86. The van der Waals surface area contributed by atoms with Gasteiger partial charge in [0.1, 0.15) is 23.9 Å². The highest BCUT2D eigenvalue weighted by Gasteiger charge is 2.59. The van der Waals surface area contributed by atoms with Crippen LogP contribution in [0.5, 0.6) is 0 Å². The molecule has 1 fully saturated rings. The standard InChI is InChI=1S/C11H21NO5/c1-4-5-11(12)9(15)8(14)7(6-13)17-10(11,2)16-3/h4,7-9,13-15H,1,5-6,12H2,2-3H3/t7-,8-,9+,10?,11+/m1/s1. The highest BCUT2D eigenvalue weighted by atomic mass is 16.7. The van der Waals surface area contributed by atoms with Crippen LogP contribution in [0.2, 0.25) is 0 Å². The van der Waals surface area contributed by atoms with E-state index in [9.17, 15) is 10.2 Å². The van der Waals surface area contributed by atoms with Gasteiger partial charge in [-0.1, -0.05) is 6.08 Å². The number of rotatable bonds is 4. The molecule has 0 aromatic carbocycles. The summed E-state index contributed by atoms with van der Waals surface area (Å²) in [5, 5.41) is 29.0. The molecule has 0 aromatic rings. The zero-order chi connectivity index (χ0) is 13.3. The van der Waals surface area contributed by atoms with Crippen LogP contribution in [0.15, 0.2) is 12.7 Å². The van der Waals surface area contributed by atoms with Gasteiger partial charge >= 0.3 is 0 Å². The summed E-state index contributed by atoms with van der Waals surface area (Å²) >= 11 is 0. The SMILES string of the molecule is C=CC[C@]1(N)[C@@H](O)[C@H](O)[C@@H](CO)OC1(C)OC. The summed E-state index contributed by atoms with van der Waals surface area (Å²) in [6.45, 7) is 4.70. The Morgan fingerprint density at radius 3 is 2.53 bits per heavy atom. The van der Waals surface area contributed by atoms with Crippen LogP contribution < -0.4 is 5.73 Å². The molecule has 1 rings (SSSR count). The molecule has 5 N–H and O–H groups in total. The first kappa shape index (κ1) is 14.6. The van der Waals surface area contributed by atoms with E-state index in [2.05, 4.69) is 6.58 Å². The van der Waals surface area contributed by atoms with Gasteiger partial charge < -0.3 is 30.5 Å². The van der Waals surface area contributed by atoms with Gasteiger partial charge in [0.25, 0.3) is 0 Å². The van der Waals surface area contributed by atoms with Gasteiger partial charge in [-0.15, -0.1) is 6.58 Å². The largest absolute Gasteiger partial charge is 0.394 e. The van der Waals surface area contributed by atoms with Crippen LogP contribution in [0.1, 0.15) is 13.3 Å². The average Bonchev–Trinajstić information content (AvgIpc) is 2.32. The molecule has 0 bridgehead atoms. The molecule has 100 valence electrons. The predicted octanol–water partition coefficient (Wildman–Crippen LogP) is -1.26. The highest BCUT2D eigenvalue weighted by Crippen LogP contribution is 2.39. The summed E-state index contributed by atoms with van der Waals surface area (Å²) in [6.07, 6.45) is -1.76. The van der Waals surface area contributed by atoms with E-state index >= 15 is 0 Å². The van der Waals surface area contributed by atoms with E-state index in [4.69, 9.17) is 20.3 Å². The molecule has 17 heavy (non-hydrogen) atoms. The molecule has 0 saturated carbocycles. The third kappa shape index (κ3) is 2.12. The molecule has 0 spiro atoms. The third-order valence-electron chi connectivity index (χ3n) is 3.51. The van der Waals surface area contributed by atoms with Crippen molar-refractivity contribution in [2.45, 2.75) is 43.0 Å². The molecule has 5 atom stereocenters. The van der Waals surface area contributed by atoms with Crippen molar-refractivity contribution in [3.8, 4) is 0 Å². The number of hydrogen-bond acceptors (Lipinski definition) is 6. The summed E-state index contributed by atoms with van der Waals surface area (Å²) in [7, 11) is 1.39. The molecule has 0 amide bonds. The molecule has 0 aromatic heterocycles. The summed E-state index contributed by atoms with van der Waals surface area (Å²) in [4.78, 5) is 0. The van der Waals surface area contributed by atoms with Crippen LogP contribution in [0.4, 0.5) is 0 Å². The van der Waals surface area contributed by atoms with E-state index in [0.717, 1.165) is 0 Å². The lowest BCUT2D eigenvalue weighted by Crippen LogP contribution is -2.76. The lowest BCUT2D eigenvalue weighted by atomic mass is 9.76. The van der Waals surface area contributed by atoms with Gasteiger partial charge in [-0.05, 0) is 13.3 Å². The van der Waals surface area contributed by atoms with Gasteiger partial charge in [-0.2, -0.15) is 0 Å². The Kier molecular flexibility index (Phi) is 4.29. The molecule has 0 radical (unpaired) electrons. The third-order valence-corrected chi connectivity index (χ3v) is 3.51. The maximum Gasteiger partial charge on any atom is 0.186 e. The average molecular weight is 247 g/mol. The van der Waals surface area contributed by atoms with E-state index in [-0.39, 0.29) is 6.42 Å². The summed E-state index contributed by atoms with van der Waals surface area (Å²) in [5.41, 5.74) is 4.77. The van der Waals surface area contributed by atoms with E-state index in [1.165, 1.54) is 13.2 Å². The first-order valence-electron chi connectivity index (χ1n) is 5.46. The molecule has 1 saturated heterocycles. The molecule has 6 nitrogen and oxygen atoms in total. The quantitative estimate of drug-likeness (QED) is 0.462. The van der Waals surface area contributed by atoms with Crippen molar-refractivity contribution in [1.82, 2.24) is 0 Å². The van der Waals surface area contributed by atoms with Crippen molar-refractivity contribution in [3.63, 3.8) is 0 Å². The second kappa shape index (κ2) is 5.01. The molecule has 1 heterocycles. The Morgan fingerprint density at radius 1 is 1.53 bits per heavy atom. The molecule has 0 aliphatic carbocycles. The maximum atomic E-state index is 10.1. The minimum Gasteiger partial charge on any atom is -0.394 e. The normalized spacial score (nSPS) is 46.8. The van der Waals surface area contributed by atoms with Crippen molar-refractivity contribution in [1.29, 1.82) is 0 Å². The monoisotopic (exact) mass is 247 g/mol. The van der Waals surface area contributed by atoms with E-state index in [1.54, 1.807) is 6.92 Å². The Hall–Kier alpha value is -0.500. The maximum absolute atomic E-state index is 10.1. The number of methoxy groups -OCH3 is 1. The van der Waals surface area contributed by atoms with Gasteiger partial charge in [0.15, 0.2) is 5.79 Å². The van der Waals surface area contributed by atoms with Gasteiger partial charge in [0.05, 0.1) is 6.61 Å².